The molecule has 0 aromatic rings. The quantitative estimate of drug-likeness (QED) is 0.401. The van der Waals surface area contributed by atoms with Crippen LogP contribution in [0.2, 0.25) is 0 Å². The summed E-state index contributed by atoms with van der Waals surface area (Å²) in [4.78, 5) is 1.92. The molecule has 0 radical (unpaired) electrons. The number of aliphatic hydroxyl groups is 2. The first-order chi connectivity index (χ1) is 5.63. The van der Waals surface area contributed by atoms with Crippen molar-refractivity contribution in [1.82, 2.24) is 15.3 Å². The van der Waals surface area contributed by atoms with Gasteiger partial charge in [0.05, 0.1) is 19.4 Å². The minimum atomic E-state index is -0.687. The van der Waals surface area contributed by atoms with E-state index in [1.165, 1.54) is 0 Å². The molecule has 1 rings (SSSR count). The zero-order chi connectivity index (χ0) is 9.14. The molecule has 72 valence electrons. The highest BCUT2D eigenvalue weighted by molar-refractivity contribution is 7.80. The Morgan fingerprint density at radius 1 is 1.75 bits per heavy atom. The zero-order valence-electron chi connectivity index (χ0n) is 7.01. The first kappa shape index (κ1) is 10.2. The van der Waals surface area contributed by atoms with Crippen LogP contribution in [0.1, 0.15) is 0 Å². The number of β-amino-alcohol motifs (C(OH)–C–C–N with tert-alkyl or cyclic N) is 1. The van der Waals surface area contributed by atoms with E-state index in [-0.39, 0.29) is 12.1 Å². The summed E-state index contributed by atoms with van der Waals surface area (Å²) in [5.41, 5.74) is 2.95. The molecule has 1 aliphatic rings. The lowest BCUT2D eigenvalue weighted by molar-refractivity contribution is 0.0600. The van der Waals surface area contributed by atoms with E-state index in [9.17, 15) is 0 Å². The van der Waals surface area contributed by atoms with E-state index in [1.807, 2.05) is 17.0 Å². The predicted octanol–water partition coefficient (Wildman–Crippen LogP) is -1.74. The molecule has 0 bridgehead atoms. The van der Waals surface area contributed by atoms with Gasteiger partial charge in [-0.05, 0) is 0 Å². The van der Waals surface area contributed by atoms with Crippen molar-refractivity contribution in [2.45, 2.75) is 11.6 Å². The summed E-state index contributed by atoms with van der Waals surface area (Å²) in [5.74, 6) is 0. The predicted molar refractivity (Wildman–Crippen MR) is 48.3 cm³/mol. The number of thiol groups is 1. The molecule has 0 aromatic carbocycles. The van der Waals surface area contributed by atoms with Crippen molar-refractivity contribution in [1.29, 1.82) is 0 Å². The van der Waals surface area contributed by atoms with E-state index in [0.29, 0.717) is 13.2 Å². The summed E-state index contributed by atoms with van der Waals surface area (Å²) in [6.45, 7) is 0.925. The van der Waals surface area contributed by atoms with Crippen LogP contribution in [0.4, 0.5) is 0 Å². The number of aliphatic hydroxyl groups excluding tert-OH is 2. The van der Waals surface area contributed by atoms with Gasteiger partial charge in [-0.1, -0.05) is 0 Å². The molecule has 6 heteroatoms. The molecule has 12 heavy (non-hydrogen) atoms. The van der Waals surface area contributed by atoms with Crippen molar-refractivity contribution in [3.63, 3.8) is 0 Å². The SMILES string of the molecule is CN1CN(CC(O)CO)C(S)N1. The lowest BCUT2D eigenvalue weighted by Crippen LogP contribution is -2.38. The van der Waals surface area contributed by atoms with E-state index in [1.54, 1.807) is 0 Å². The summed E-state index contributed by atoms with van der Waals surface area (Å²) >= 11 is 4.24. The molecule has 1 aliphatic heterocycles. The molecule has 3 N–H and O–H groups in total. The van der Waals surface area contributed by atoms with Gasteiger partial charge in [-0.25, -0.2) is 10.4 Å². The van der Waals surface area contributed by atoms with E-state index in [0.717, 1.165) is 0 Å². The summed E-state index contributed by atoms with van der Waals surface area (Å²) in [6.07, 6.45) is -0.687. The first-order valence-corrected chi connectivity index (χ1v) is 4.33. The fraction of sp³-hybridized carbons (Fsp3) is 1.00. The van der Waals surface area contributed by atoms with Gasteiger partial charge in [0.25, 0.3) is 0 Å². The van der Waals surface area contributed by atoms with Gasteiger partial charge >= 0.3 is 0 Å². The average Bonchev–Trinajstić information content (AvgIpc) is 2.30. The molecule has 2 unspecified atom stereocenters. The molecule has 5 nitrogen and oxygen atoms in total. The third-order valence-electron chi connectivity index (χ3n) is 1.73. The topological polar surface area (TPSA) is 59.0 Å². The largest absolute Gasteiger partial charge is 0.394 e. The highest BCUT2D eigenvalue weighted by Crippen LogP contribution is 2.09. The third kappa shape index (κ3) is 2.58. The Balaban J connectivity index is 2.32. The van der Waals surface area contributed by atoms with Crippen molar-refractivity contribution in [3.8, 4) is 0 Å². The highest BCUT2D eigenvalue weighted by Gasteiger charge is 2.25. The number of hydrazine groups is 1. The summed E-state index contributed by atoms with van der Waals surface area (Å²) in [6, 6.07) is 0. The maximum atomic E-state index is 9.15. The van der Waals surface area contributed by atoms with Gasteiger partial charge in [0, 0.05) is 13.6 Å². The molecule has 2 atom stereocenters. The average molecular weight is 193 g/mol. The second kappa shape index (κ2) is 4.40. The standard InChI is InChI=1S/C6H15N3O2S/c1-8-4-9(6(12)7-8)2-5(11)3-10/h5-7,10-12H,2-4H2,1H3. The van der Waals surface area contributed by atoms with E-state index < -0.39 is 6.10 Å². The van der Waals surface area contributed by atoms with Crippen molar-refractivity contribution in [2.75, 3.05) is 26.9 Å². The summed E-state index contributed by atoms with van der Waals surface area (Å²) in [7, 11) is 1.90. The van der Waals surface area contributed by atoms with Crippen LogP contribution in [0, 0.1) is 0 Å². The molecule has 1 saturated heterocycles. The van der Waals surface area contributed by atoms with E-state index in [2.05, 4.69) is 18.1 Å². The Labute approximate surface area is 77.3 Å². The molecule has 0 spiro atoms. The molecule has 0 amide bonds. The van der Waals surface area contributed by atoms with Crippen LogP contribution in [-0.4, -0.2) is 58.6 Å². The van der Waals surface area contributed by atoms with Gasteiger partial charge in [-0.2, -0.15) is 0 Å². The smallest absolute Gasteiger partial charge is 0.119 e. The summed E-state index contributed by atoms with van der Waals surface area (Å²) in [5, 5.41) is 19.6. The minimum Gasteiger partial charge on any atom is -0.394 e. The van der Waals surface area contributed by atoms with Gasteiger partial charge in [-0.3, -0.25) is 4.90 Å². The maximum Gasteiger partial charge on any atom is 0.119 e. The number of hydrogen-bond donors (Lipinski definition) is 4. The minimum absolute atomic E-state index is 0.0730. The summed E-state index contributed by atoms with van der Waals surface area (Å²) < 4.78 is 0. The van der Waals surface area contributed by atoms with Gasteiger partial charge in [0.2, 0.25) is 0 Å². The second-order valence-corrected chi connectivity index (χ2v) is 3.44. The Morgan fingerprint density at radius 3 is 2.83 bits per heavy atom. The highest BCUT2D eigenvalue weighted by atomic mass is 32.1. The lowest BCUT2D eigenvalue weighted by Gasteiger charge is -2.20. The Morgan fingerprint density at radius 2 is 2.42 bits per heavy atom. The van der Waals surface area contributed by atoms with E-state index in [4.69, 9.17) is 10.2 Å². The van der Waals surface area contributed by atoms with Crippen LogP contribution in [0.25, 0.3) is 0 Å². The molecule has 1 heterocycles. The molecular weight excluding hydrogens is 178 g/mol. The number of rotatable bonds is 3. The van der Waals surface area contributed by atoms with Gasteiger partial charge in [0.15, 0.2) is 0 Å². The number of nitrogens with one attached hydrogen (secondary N) is 1. The van der Waals surface area contributed by atoms with Crippen LogP contribution < -0.4 is 5.43 Å². The fourth-order valence-electron chi connectivity index (χ4n) is 1.16. The normalized spacial score (nSPS) is 29.5. The monoisotopic (exact) mass is 193 g/mol. The number of nitrogens with zero attached hydrogens (tertiary/aromatic N) is 2. The lowest BCUT2D eigenvalue weighted by atomic mass is 10.3. The third-order valence-corrected chi connectivity index (χ3v) is 2.17. The van der Waals surface area contributed by atoms with Crippen molar-refractivity contribution < 1.29 is 10.2 Å². The van der Waals surface area contributed by atoms with Crippen molar-refractivity contribution in [3.05, 3.63) is 0 Å². The van der Waals surface area contributed by atoms with Gasteiger partial charge in [-0.15, -0.1) is 12.6 Å². The van der Waals surface area contributed by atoms with Gasteiger partial charge in [0.1, 0.15) is 5.50 Å². The zero-order valence-corrected chi connectivity index (χ0v) is 7.91. The maximum absolute atomic E-state index is 9.15. The van der Waals surface area contributed by atoms with Crippen molar-refractivity contribution >= 4 is 12.6 Å². The van der Waals surface area contributed by atoms with Crippen LogP contribution >= 0.6 is 12.6 Å². The molecule has 0 saturated carbocycles. The van der Waals surface area contributed by atoms with Crippen LogP contribution in [0.15, 0.2) is 0 Å². The second-order valence-electron chi connectivity index (χ2n) is 2.95. The van der Waals surface area contributed by atoms with Crippen LogP contribution in [-0.2, 0) is 0 Å². The van der Waals surface area contributed by atoms with Crippen LogP contribution in [0.5, 0.6) is 0 Å². The van der Waals surface area contributed by atoms with Crippen LogP contribution in [0.3, 0.4) is 0 Å². The molecule has 1 fully saturated rings. The molecule has 0 aromatic heterocycles. The Kier molecular flexibility index (Phi) is 3.76. The fourth-order valence-corrected chi connectivity index (χ4v) is 1.52. The van der Waals surface area contributed by atoms with E-state index >= 15 is 0 Å². The number of hydrogen-bond acceptors (Lipinski definition) is 6. The Bertz CT molecular complexity index is 149. The molecule has 0 aliphatic carbocycles. The van der Waals surface area contributed by atoms with Crippen molar-refractivity contribution in [2.24, 2.45) is 0 Å². The molecular formula is C6H15N3O2S. The van der Waals surface area contributed by atoms with Gasteiger partial charge < -0.3 is 10.2 Å². The first-order valence-electron chi connectivity index (χ1n) is 3.82. The Hall–Kier alpha value is 0.150.